The Kier molecular flexibility index (Phi) is 5.00. The minimum atomic E-state index is -0.0889. The molecule has 1 aromatic rings. The van der Waals surface area contributed by atoms with Crippen molar-refractivity contribution in [1.82, 2.24) is 15.2 Å². The summed E-state index contributed by atoms with van der Waals surface area (Å²) in [5, 5.41) is 2.91. The van der Waals surface area contributed by atoms with Crippen molar-refractivity contribution in [2.45, 2.75) is 44.4 Å². The van der Waals surface area contributed by atoms with Crippen molar-refractivity contribution in [3.05, 3.63) is 24.4 Å². The molecule has 0 radical (unpaired) electrons. The average molecular weight is 319 g/mol. The highest BCUT2D eigenvalue weighted by Gasteiger charge is 2.46. The summed E-state index contributed by atoms with van der Waals surface area (Å²) in [5.74, 6) is 0.902. The molecule has 126 valence electrons. The van der Waals surface area contributed by atoms with Crippen molar-refractivity contribution in [3.8, 4) is 5.88 Å². The van der Waals surface area contributed by atoms with E-state index in [1.54, 1.807) is 13.3 Å². The molecular weight excluding hydrogens is 294 g/mol. The summed E-state index contributed by atoms with van der Waals surface area (Å²) in [6.45, 7) is 3.16. The molecule has 0 unspecified atom stereocenters. The number of nitrogens with one attached hydrogen (secondary N) is 1. The highest BCUT2D eigenvalue weighted by Crippen LogP contribution is 2.38. The second-order valence-electron chi connectivity index (χ2n) is 6.22. The van der Waals surface area contributed by atoms with Crippen LogP contribution in [0.2, 0.25) is 0 Å². The Balaban J connectivity index is 1.78. The Hall–Kier alpha value is -1.82. The van der Waals surface area contributed by atoms with Crippen LogP contribution in [0.25, 0.3) is 0 Å². The monoisotopic (exact) mass is 319 g/mol. The molecule has 1 N–H and O–H groups in total. The Morgan fingerprint density at radius 1 is 1.39 bits per heavy atom. The summed E-state index contributed by atoms with van der Waals surface area (Å²) in [7, 11) is 1.76. The Bertz CT molecular complexity index is 525. The van der Waals surface area contributed by atoms with Gasteiger partial charge in [0.2, 0.25) is 5.88 Å². The zero-order valence-electron chi connectivity index (χ0n) is 13.8. The third kappa shape index (κ3) is 3.42. The van der Waals surface area contributed by atoms with Gasteiger partial charge in [-0.05, 0) is 32.3 Å². The first kappa shape index (κ1) is 16.1. The standard InChI is InChI=1S/C17H25N3O3/c1-3-18-17(21)20-11-15(23-16-6-4-5-9-19-16)13-10-12(20)7-8-14(13)22-2/h4-6,9,12-15H,3,7-8,10-11H2,1-2H3,(H,18,21)/t12-,13-,14+,15-/m0/s1. The number of fused-ring (bicyclic) bond motifs is 2. The van der Waals surface area contributed by atoms with Crippen LogP contribution in [-0.4, -0.2) is 54.4 Å². The molecule has 2 amide bonds. The van der Waals surface area contributed by atoms with Crippen LogP contribution in [0.3, 0.4) is 0 Å². The predicted octanol–water partition coefficient (Wildman–Crippen LogP) is 2.06. The van der Waals surface area contributed by atoms with Crippen molar-refractivity contribution in [2.75, 3.05) is 20.2 Å². The molecule has 1 aliphatic carbocycles. The number of nitrogens with zero attached hydrogens (tertiary/aromatic N) is 2. The number of likely N-dealkylation sites (tertiary alicyclic amines) is 1. The highest BCUT2D eigenvalue weighted by atomic mass is 16.5. The number of carbonyl (C=O) groups excluding carboxylic acids is 1. The van der Waals surface area contributed by atoms with Gasteiger partial charge in [-0.3, -0.25) is 0 Å². The lowest BCUT2D eigenvalue weighted by Crippen LogP contribution is -2.61. The van der Waals surface area contributed by atoms with Crippen LogP contribution in [0.1, 0.15) is 26.2 Å². The van der Waals surface area contributed by atoms with Gasteiger partial charge in [-0.15, -0.1) is 0 Å². The van der Waals surface area contributed by atoms with Crippen LogP contribution in [-0.2, 0) is 4.74 Å². The van der Waals surface area contributed by atoms with E-state index in [9.17, 15) is 4.79 Å². The second kappa shape index (κ2) is 7.17. The lowest BCUT2D eigenvalue weighted by molar-refractivity contribution is -0.0826. The summed E-state index contributed by atoms with van der Waals surface area (Å²) in [4.78, 5) is 18.5. The van der Waals surface area contributed by atoms with Gasteiger partial charge in [-0.2, -0.15) is 0 Å². The molecule has 2 aliphatic rings. The van der Waals surface area contributed by atoms with Crippen molar-refractivity contribution in [1.29, 1.82) is 0 Å². The summed E-state index contributed by atoms with van der Waals surface area (Å²) < 4.78 is 11.8. The number of methoxy groups -OCH3 is 1. The van der Waals surface area contributed by atoms with Gasteiger partial charge in [0.05, 0.1) is 12.6 Å². The molecule has 2 heterocycles. The van der Waals surface area contributed by atoms with Gasteiger partial charge in [0, 0.05) is 37.9 Å². The van der Waals surface area contributed by atoms with Gasteiger partial charge < -0.3 is 19.7 Å². The molecule has 1 saturated carbocycles. The summed E-state index contributed by atoms with van der Waals surface area (Å²) in [5.41, 5.74) is 0. The van der Waals surface area contributed by atoms with Crippen molar-refractivity contribution >= 4 is 6.03 Å². The topological polar surface area (TPSA) is 63.7 Å². The van der Waals surface area contributed by atoms with Crippen molar-refractivity contribution in [3.63, 3.8) is 0 Å². The van der Waals surface area contributed by atoms with Gasteiger partial charge >= 0.3 is 6.03 Å². The summed E-state index contributed by atoms with van der Waals surface area (Å²) >= 11 is 0. The first-order valence-corrected chi connectivity index (χ1v) is 8.37. The number of aromatic nitrogens is 1. The average Bonchev–Trinajstić information content (AvgIpc) is 2.58. The Labute approximate surface area is 137 Å². The zero-order valence-corrected chi connectivity index (χ0v) is 13.8. The Morgan fingerprint density at radius 3 is 2.96 bits per heavy atom. The minimum absolute atomic E-state index is 0.00133. The number of ether oxygens (including phenoxy) is 2. The van der Waals surface area contributed by atoms with E-state index >= 15 is 0 Å². The van der Waals surface area contributed by atoms with Crippen LogP contribution in [0, 0.1) is 5.92 Å². The number of piperidine rings is 1. The largest absolute Gasteiger partial charge is 0.472 e. The number of rotatable bonds is 4. The smallest absolute Gasteiger partial charge is 0.317 e. The number of hydrogen-bond donors (Lipinski definition) is 1. The zero-order chi connectivity index (χ0) is 16.2. The van der Waals surface area contributed by atoms with E-state index in [1.165, 1.54) is 0 Å². The predicted molar refractivity (Wildman–Crippen MR) is 86.4 cm³/mol. The number of carbonyl (C=O) groups is 1. The number of urea groups is 1. The van der Waals surface area contributed by atoms with Gasteiger partial charge in [0.1, 0.15) is 6.10 Å². The maximum atomic E-state index is 12.4. The maximum Gasteiger partial charge on any atom is 0.317 e. The fraction of sp³-hybridized carbons (Fsp3) is 0.647. The maximum absolute atomic E-state index is 12.4. The molecule has 1 aliphatic heterocycles. The molecule has 2 bridgehead atoms. The van der Waals surface area contributed by atoms with Gasteiger partial charge in [0.25, 0.3) is 0 Å². The van der Waals surface area contributed by atoms with E-state index in [4.69, 9.17) is 9.47 Å². The molecule has 4 atom stereocenters. The molecule has 6 heteroatoms. The molecule has 0 spiro atoms. The highest BCUT2D eigenvalue weighted by molar-refractivity contribution is 5.74. The fourth-order valence-electron chi connectivity index (χ4n) is 3.80. The molecule has 1 aromatic heterocycles. The van der Waals surface area contributed by atoms with Gasteiger partial charge in [0.15, 0.2) is 0 Å². The van der Waals surface area contributed by atoms with Gasteiger partial charge in [-0.1, -0.05) is 6.07 Å². The van der Waals surface area contributed by atoms with E-state index in [2.05, 4.69) is 10.3 Å². The van der Waals surface area contributed by atoms with Gasteiger partial charge in [-0.25, -0.2) is 9.78 Å². The fourth-order valence-corrected chi connectivity index (χ4v) is 3.80. The first-order valence-electron chi connectivity index (χ1n) is 8.37. The number of amides is 2. The molecule has 1 saturated heterocycles. The molecule has 0 aromatic carbocycles. The first-order chi connectivity index (χ1) is 11.2. The molecule has 6 nitrogen and oxygen atoms in total. The SMILES string of the molecule is CCNC(=O)N1C[C@H](Oc2ccccn2)[C@H]2C[C@@H]1CC[C@H]2OC. The molecule has 2 fully saturated rings. The van der Waals surface area contributed by atoms with E-state index in [1.807, 2.05) is 30.0 Å². The number of hydrogen-bond acceptors (Lipinski definition) is 4. The van der Waals surface area contributed by atoms with Crippen molar-refractivity contribution in [2.24, 2.45) is 5.92 Å². The third-order valence-electron chi connectivity index (χ3n) is 4.90. The quantitative estimate of drug-likeness (QED) is 0.922. The molecule has 23 heavy (non-hydrogen) atoms. The van der Waals surface area contributed by atoms with Crippen molar-refractivity contribution < 1.29 is 14.3 Å². The Morgan fingerprint density at radius 2 is 2.26 bits per heavy atom. The molecular formula is C17H25N3O3. The van der Waals surface area contributed by atoms with E-state index < -0.39 is 0 Å². The summed E-state index contributed by atoms with van der Waals surface area (Å²) in [6, 6.07) is 5.91. The normalized spacial score (nSPS) is 29.9. The molecule has 3 rings (SSSR count). The van der Waals surface area contributed by atoms with E-state index in [0.717, 1.165) is 19.3 Å². The summed E-state index contributed by atoms with van der Waals surface area (Å²) in [6.07, 6.45) is 4.70. The van der Waals surface area contributed by atoms with E-state index in [0.29, 0.717) is 24.9 Å². The van der Waals surface area contributed by atoms with Crippen LogP contribution in [0.5, 0.6) is 5.88 Å². The lowest BCUT2D eigenvalue weighted by Gasteiger charge is -2.49. The van der Waals surface area contributed by atoms with E-state index in [-0.39, 0.29) is 24.3 Å². The second-order valence-corrected chi connectivity index (χ2v) is 6.22. The van der Waals surface area contributed by atoms with Crippen LogP contribution < -0.4 is 10.1 Å². The number of pyridine rings is 1. The minimum Gasteiger partial charge on any atom is -0.472 e. The van der Waals surface area contributed by atoms with Crippen LogP contribution in [0.15, 0.2) is 24.4 Å². The van der Waals surface area contributed by atoms with Crippen LogP contribution in [0.4, 0.5) is 4.79 Å². The lowest BCUT2D eigenvalue weighted by atomic mass is 9.76. The third-order valence-corrected chi connectivity index (χ3v) is 4.90. The van der Waals surface area contributed by atoms with Crippen LogP contribution >= 0.6 is 0 Å².